The maximum Gasteiger partial charge on any atom is 0.410 e. The van der Waals surface area contributed by atoms with E-state index < -0.39 is 8.07 Å². The van der Waals surface area contributed by atoms with E-state index in [1.165, 1.54) is 22.7 Å². The Hall–Kier alpha value is -8.58. The highest BCUT2D eigenvalue weighted by Crippen LogP contribution is 2.36. The minimum Gasteiger partial charge on any atom is -0.445 e. The molecule has 2 saturated heterocycles. The van der Waals surface area contributed by atoms with Crippen LogP contribution in [0.25, 0.3) is 66.0 Å². The molecule has 2 fully saturated rings. The molecule has 2 amide bonds. The van der Waals surface area contributed by atoms with E-state index in [-0.39, 0.29) is 49.6 Å². The Morgan fingerprint density at radius 3 is 1.65 bits per heavy atom. The third-order valence-electron chi connectivity index (χ3n) is 15.7. The summed E-state index contributed by atoms with van der Waals surface area (Å²) in [6, 6.07) is 28.8. The molecule has 0 unspecified atom stereocenters. The van der Waals surface area contributed by atoms with Crippen molar-refractivity contribution >= 4 is 76.9 Å². The topological polar surface area (TPSA) is 242 Å². The molecule has 0 saturated carbocycles. The number of H-pyrrole nitrogens is 1. The molecule has 10 aromatic rings. The largest absolute Gasteiger partial charge is 0.445 e. The third-order valence-corrected chi connectivity index (χ3v) is 19.2. The Morgan fingerprint density at radius 2 is 1.14 bits per heavy atom. The lowest BCUT2D eigenvalue weighted by molar-refractivity contribution is 0.0689. The predicted octanol–water partition coefficient (Wildman–Crippen LogP) is 13.3. The Kier molecular flexibility index (Phi) is 18.9. The van der Waals surface area contributed by atoms with Gasteiger partial charge in [0.05, 0.1) is 11.4 Å². The van der Waals surface area contributed by atoms with Crippen molar-refractivity contribution in [2.45, 2.75) is 137 Å². The first kappa shape index (κ1) is 61.1. The smallest absolute Gasteiger partial charge is 0.410 e. The van der Waals surface area contributed by atoms with E-state index in [9.17, 15) is 9.59 Å². The second kappa shape index (κ2) is 27.2. The molecule has 3 N–H and O–H groups in total. The molecule has 8 aromatic heterocycles. The normalized spacial score (nSPS) is 17.0. The van der Waals surface area contributed by atoms with Gasteiger partial charge >= 0.3 is 12.2 Å². The van der Waals surface area contributed by atoms with Crippen LogP contribution in [0.1, 0.15) is 71.8 Å². The van der Waals surface area contributed by atoms with E-state index in [0.29, 0.717) is 38.3 Å². The first-order valence-corrected chi connectivity index (χ1v) is 35.1. The molecule has 2 aliphatic heterocycles. The van der Waals surface area contributed by atoms with E-state index in [4.69, 9.17) is 34.1 Å². The van der Waals surface area contributed by atoms with Crippen molar-refractivity contribution in [1.82, 2.24) is 69.6 Å². The molecule has 21 nitrogen and oxygen atoms in total. The van der Waals surface area contributed by atoms with Gasteiger partial charge in [0.15, 0.2) is 10.0 Å². The summed E-state index contributed by atoms with van der Waals surface area (Å²) in [7, 11) is -1.23. The minimum atomic E-state index is -1.23. The first-order chi connectivity index (χ1) is 42.5. The highest BCUT2D eigenvalue weighted by molar-refractivity contribution is 7.14. The summed E-state index contributed by atoms with van der Waals surface area (Å²) in [5.41, 5.74) is 10.5. The number of fused-ring (bicyclic) bond motifs is 2. The van der Waals surface area contributed by atoms with Gasteiger partial charge in [-0.05, 0) is 120 Å². The van der Waals surface area contributed by atoms with Crippen LogP contribution in [0.3, 0.4) is 0 Å². The van der Waals surface area contributed by atoms with Crippen molar-refractivity contribution in [3.05, 3.63) is 142 Å². The van der Waals surface area contributed by atoms with Crippen molar-refractivity contribution in [2.75, 3.05) is 30.3 Å². The molecule has 2 aliphatic rings. The van der Waals surface area contributed by atoms with Gasteiger partial charge in [-0.15, -0.1) is 20.4 Å². The monoisotopic (exact) mass is 1240 g/mol. The number of aromatic amines is 1. The fraction of sp³-hybridized carbons (Fsp3) is 0.375. The average Bonchev–Trinajstić information content (AvgIpc) is 1.86. The lowest BCUT2D eigenvalue weighted by Gasteiger charge is -2.37. The number of hydrogen-bond acceptors (Lipinski definition) is 19. The number of carbonyl (C=O) groups is 2. The lowest BCUT2D eigenvalue weighted by atomic mass is 10.00. The third kappa shape index (κ3) is 14.9. The van der Waals surface area contributed by atoms with Gasteiger partial charge in [0.25, 0.3) is 0 Å². The number of carbonyl (C=O) groups excluding carboxylic acids is 2. The maximum absolute atomic E-state index is 13.1. The predicted molar refractivity (Wildman–Crippen MR) is 348 cm³/mol. The molecule has 0 bridgehead atoms. The molecule has 4 atom stereocenters. The number of nitrogens with one attached hydrogen (secondary N) is 3. The maximum atomic E-state index is 13.1. The van der Waals surface area contributed by atoms with E-state index in [2.05, 4.69) is 96.3 Å². The van der Waals surface area contributed by atoms with Crippen molar-refractivity contribution in [2.24, 2.45) is 0 Å². The van der Waals surface area contributed by atoms with E-state index >= 15 is 0 Å². The number of piperidine rings is 2. The number of ether oxygens (including phenoxy) is 3. The van der Waals surface area contributed by atoms with Crippen molar-refractivity contribution in [3.8, 4) is 43.9 Å². The molecule has 0 radical (unpaired) electrons. The van der Waals surface area contributed by atoms with E-state index in [1.807, 2.05) is 125 Å². The molecule has 0 aliphatic carbocycles. The molecular formula is C64H74N16O5S2Si. The highest BCUT2D eigenvalue weighted by atomic mass is 32.1. The number of hydrogen-bond donors (Lipinski definition) is 3. The number of nitrogens with zero attached hydrogens (tertiary/aromatic N) is 13. The summed E-state index contributed by atoms with van der Waals surface area (Å²) in [6.45, 7) is 21.7. The van der Waals surface area contributed by atoms with Crippen molar-refractivity contribution in [1.29, 1.82) is 0 Å². The number of rotatable bonds is 17. The van der Waals surface area contributed by atoms with Crippen LogP contribution in [-0.2, 0) is 34.2 Å². The number of likely N-dealkylation sites (tertiary alicyclic amines) is 2. The van der Waals surface area contributed by atoms with Gasteiger partial charge in [0, 0.05) is 98.6 Å². The molecule has 2 aromatic carbocycles. The Labute approximate surface area is 520 Å². The van der Waals surface area contributed by atoms with Gasteiger partial charge in [-0.25, -0.2) is 39.5 Å². The summed E-state index contributed by atoms with van der Waals surface area (Å²) in [5, 5.41) is 29.1. The fourth-order valence-electron chi connectivity index (χ4n) is 10.7. The van der Waals surface area contributed by atoms with Crippen molar-refractivity contribution < 1.29 is 23.8 Å². The standard InChI is InChI=1S/C35H44N8O3SSi.C29H30N8O2S/c1-23-18-36-34(37-27-13-12-24(2)43(19-27)35(44)46-21-26-10-8-7-9-11-26)39-31(23)29-20-42(22-45-16-17-48(4,5)6)32-28(29)14-15-30(38-32)33-41-40-25(3)47-33;1-17-13-31-28(32-21-10-9-18(2)37(15-21)29(38)39-16-20-7-5-4-6-8-20)34-25(17)23-14-30-26-22(23)11-12-24(33-26)27-36-35-19(3)40-27/h7-11,14-15,18,20,24,27H,12-13,16-17,19,21-22H2,1-6H3,(H,36,37,39);4-8,11-14,18,21H,9-10,15-16H2,1-3H3,(H,30,33)(H,31,32,34)/t24-,27-;18-,21-/m00/s1. The van der Waals surface area contributed by atoms with Gasteiger partial charge in [0.1, 0.15) is 52.6 Å². The summed E-state index contributed by atoms with van der Waals surface area (Å²) in [6.07, 6.45) is 10.6. The zero-order valence-corrected chi connectivity index (χ0v) is 53.8. The number of pyridine rings is 2. The van der Waals surface area contributed by atoms with E-state index in [0.717, 1.165) is 130 Å². The molecule has 0 spiro atoms. The van der Waals surface area contributed by atoms with Gasteiger partial charge < -0.3 is 44.2 Å². The zero-order chi connectivity index (χ0) is 61.5. The Balaban J connectivity index is 0.000000185. The molecule has 24 heteroatoms. The highest BCUT2D eigenvalue weighted by Gasteiger charge is 2.33. The summed E-state index contributed by atoms with van der Waals surface area (Å²) in [5.74, 6) is 1.05. The Bertz CT molecular complexity index is 4040. The van der Waals surface area contributed by atoms with Gasteiger partial charge in [-0.3, -0.25) is 0 Å². The van der Waals surface area contributed by atoms with Crippen LogP contribution in [0.5, 0.6) is 0 Å². The molecular weight excluding hydrogens is 1170 g/mol. The molecule has 10 heterocycles. The van der Waals surface area contributed by atoms with Crippen molar-refractivity contribution in [3.63, 3.8) is 0 Å². The summed E-state index contributed by atoms with van der Waals surface area (Å²) >= 11 is 3.04. The first-order valence-electron chi connectivity index (χ1n) is 29.8. The van der Waals surface area contributed by atoms with Crippen LogP contribution < -0.4 is 10.6 Å². The molecule has 456 valence electrons. The second-order valence-electron chi connectivity index (χ2n) is 23.8. The molecule has 12 rings (SSSR count). The average molecular weight is 1240 g/mol. The quantitative estimate of drug-likeness (QED) is 0.0567. The molecule has 88 heavy (non-hydrogen) atoms. The van der Waals surface area contributed by atoms with Crippen LogP contribution in [-0.4, -0.2) is 134 Å². The van der Waals surface area contributed by atoms with E-state index in [1.54, 1.807) is 9.80 Å². The fourth-order valence-corrected chi connectivity index (χ4v) is 12.8. The van der Waals surface area contributed by atoms with Crippen LogP contribution >= 0.6 is 22.7 Å². The van der Waals surface area contributed by atoms with Gasteiger partial charge in [-0.1, -0.05) is 103 Å². The van der Waals surface area contributed by atoms with Gasteiger partial charge in [-0.2, -0.15) is 0 Å². The number of benzene rings is 2. The van der Waals surface area contributed by atoms with Crippen LogP contribution in [0.4, 0.5) is 21.5 Å². The SMILES string of the molecule is Cc1nnc(-c2ccc3c(-c4nc(N[C@H]5CC[C@H](C)N(C(=O)OCc6ccccc6)C5)ncc4C)c[nH]c3n2)s1.Cc1nnc(-c2ccc3c(-c4nc(N[C@H]5CC[C@H](C)N(C(=O)OCc6ccccc6)C5)ncc4C)cn(COCC[Si](C)(C)C)c3n2)s1. The Morgan fingerprint density at radius 1 is 0.625 bits per heavy atom. The second-order valence-corrected chi connectivity index (χ2v) is 31.8. The minimum absolute atomic E-state index is 0.0123. The number of aryl methyl sites for hydroxylation is 4. The van der Waals surface area contributed by atoms with Gasteiger partial charge in [0.2, 0.25) is 11.9 Å². The number of amides is 2. The lowest BCUT2D eigenvalue weighted by Crippen LogP contribution is -2.50. The van der Waals surface area contributed by atoms with Crippen LogP contribution in [0, 0.1) is 27.7 Å². The summed E-state index contributed by atoms with van der Waals surface area (Å²) < 4.78 is 19.5. The van der Waals surface area contributed by atoms with Crippen LogP contribution in [0.2, 0.25) is 25.7 Å². The number of anilines is 2. The zero-order valence-electron chi connectivity index (χ0n) is 51.2. The summed E-state index contributed by atoms with van der Waals surface area (Å²) in [4.78, 5) is 61.7. The number of aromatic nitrogens is 12. The van der Waals surface area contributed by atoms with Crippen LogP contribution in [0.15, 0.2) is 110 Å².